The molecule has 4 rings (SSSR count). The summed E-state index contributed by atoms with van der Waals surface area (Å²) in [6, 6.07) is 19.1. The van der Waals surface area contributed by atoms with Crippen LogP contribution in [-0.4, -0.2) is 54.0 Å². The van der Waals surface area contributed by atoms with Crippen molar-refractivity contribution in [2.75, 3.05) is 26.0 Å². The van der Waals surface area contributed by atoms with Crippen molar-refractivity contribution >= 4 is 40.0 Å². The molecule has 9 nitrogen and oxygen atoms in total. The summed E-state index contributed by atoms with van der Waals surface area (Å²) >= 11 is 0. The summed E-state index contributed by atoms with van der Waals surface area (Å²) in [5.41, 5.74) is 13.1. The number of aliphatic imine (C=N–C) groups is 1. The number of nitrogens with zero attached hydrogens (tertiary/aromatic N) is 2. The third-order valence-electron chi connectivity index (χ3n) is 7.25. The number of nitrogens with one attached hydrogen (secondary N) is 3. The molecule has 0 atom stereocenters. The van der Waals surface area contributed by atoms with Gasteiger partial charge in [0.15, 0.2) is 0 Å². The molecule has 0 aliphatic rings. The molecular weight excluding hydrogens is 540 g/mol. The largest absolute Gasteiger partial charge is 0.366 e. The van der Waals surface area contributed by atoms with E-state index in [9.17, 15) is 14.4 Å². The summed E-state index contributed by atoms with van der Waals surface area (Å²) in [7, 11) is 3.87. The standard InChI is InChI=1S/C34H38N6O3/c1-6-17-36-22(3)34(43)39-29-13-9-12-24(21(29)2)26-14-15-27(33(35)42)32-28(26)19-30(38-32)25-11-8-7-10-23(25)20-37-31(41)16-18-40(4)5/h6-15,17,19,38H,16,18,20H2,1-5H3,(H2,35,42)(H,37,41)(H,39,43)/b17-6-,36-22?. The van der Waals surface area contributed by atoms with Gasteiger partial charge in [0.2, 0.25) is 5.91 Å². The zero-order valence-corrected chi connectivity index (χ0v) is 25.2. The number of hydrogen-bond donors (Lipinski definition) is 4. The first-order valence-electron chi connectivity index (χ1n) is 14.1. The molecule has 5 N–H and O–H groups in total. The molecule has 0 aliphatic carbocycles. The first kappa shape index (κ1) is 30.9. The van der Waals surface area contributed by atoms with E-state index in [1.54, 1.807) is 25.3 Å². The summed E-state index contributed by atoms with van der Waals surface area (Å²) in [5.74, 6) is -0.855. The fourth-order valence-electron chi connectivity index (χ4n) is 4.87. The van der Waals surface area contributed by atoms with Gasteiger partial charge in [0.25, 0.3) is 11.8 Å². The molecule has 4 aromatic rings. The Balaban J connectivity index is 1.75. The van der Waals surface area contributed by atoms with Crippen molar-refractivity contribution in [1.29, 1.82) is 0 Å². The predicted molar refractivity (Wildman–Crippen MR) is 174 cm³/mol. The molecule has 0 saturated carbocycles. The summed E-state index contributed by atoms with van der Waals surface area (Å²) in [6.07, 6.45) is 3.75. The molecular formula is C34H38N6O3. The highest BCUT2D eigenvalue weighted by molar-refractivity contribution is 6.42. The number of H-pyrrole nitrogens is 1. The molecule has 1 aromatic heterocycles. The van der Waals surface area contributed by atoms with Gasteiger partial charge in [-0.15, -0.1) is 0 Å². The highest BCUT2D eigenvalue weighted by Crippen LogP contribution is 2.38. The molecule has 1 heterocycles. The fourth-order valence-corrected chi connectivity index (χ4v) is 4.87. The van der Waals surface area contributed by atoms with Crippen LogP contribution in [0.25, 0.3) is 33.3 Å². The van der Waals surface area contributed by atoms with Crippen LogP contribution in [0.15, 0.2) is 77.9 Å². The van der Waals surface area contributed by atoms with E-state index < -0.39 is 5.91 Å². The summed E-state index contributed by atoms with van der Waals surface area (Å²) in [6.45, 7) is 6.48. The average Bonchev–Trinajstić information content (AvgIpc) is 3.43. The van der Waals surface area contributed by atoms with Gasteiger partial charge < -0.3 is 26.3 Å². The maximum absolute atomic E-state index is 12.7. The number of carbonyl (C=O) groups is 3. The van der Waals surface area contributed by atoms with Crippen LogP contribution in [0.1, 0.15) is 41.8 Å². The maximum Gasteiger partial charge on any atom is 0.269 e. The van der Waals surface area contributed by atoms with E-state index in [4.69, 9.17) is 5.73 Å². The number of aromatic amines is 1. The lowest BCUT2D eigenvalue weighted by molar-refractivity contribution is -0.121. The second-order valence-electron chi connectivity index (χ2n) is 10.6. The minimum atomic E-state index is -0.542. The molecule has 0 aliphatic heterocycles. The molecule has 43 heavy (non-hydrogen) atoms. The van der Waals surface area contributed by atoms with Crippen LogP contribution in [0.2, 0.25) is 0 Å². The number of carbonyl (C=O) groups excluding carboxylic acids is 3. The van der Waals surface area contributed by atoms with E-state index in [0.29, 0.717) is 42.0 Å². The van der Waals surface area contributed by atoms with E-state index in [1.807, 2.05) is 87.4 Å². The molecule has 3 aromatic carbocycles. The number of anilines is 1. The van der Waals surface area contributed by atoms with Crippen LogP contribution in [0, 0.1) is 6.92 Å². The van der Waals surface area contributed by atoms with E-state index in [-0.39, 0.29) is 11.8 Å². The van der Waals surface area contributed by atoms with Crippen molar-refractivity contribution < 1.29 is 14.4 Å². The normalized spacial score (nSPS) is 11.8. The number of benzene rings is 3. The van der Waals surface area contributed by atoms with Crippen LogP contribution < -0.4 is 16.4 Å². The average molecular weight is 579 g/mol. The topological polar surface area (TPSA) is 133 Å². The molecule has 9 heteroatoms. The SMILES string of the molecule is C/C=C\N=C(C)C(=O)Nc1cccc(-c2ccc(C(N)=O)c3[nH]c(-c4ccccc4CNC(=O)CCN(C)C)cc23)c1C. The Morgan fingerprint density at radius 1 is 1.00 bits per heavy atom. The smallest absolute Gasteiger partial charge is 0.269 e. The lowest BCUT2D eigenvalue weighted by atomic mass is 9.94. The van der Waals surface area contributed by atoms with Crippen LogP contribution in [0.5, 0.6) is 0 Å². The Bertz CT molecular complexity index is 1730. The van der Waals surface area contributed by atoms with Crippen molar-refractivity contribution in [2.24, 2.45) is 10.7 Å². The molecule has 3 amide bonds. The van der Waals surface area contributed by atoms with Gasteiger partial charge in [-0.1, -0.05) is 48.5 Å². The van der Waals surface area contributed by atoms with E-state index in [2.05, 4.69) is 20.6 Å². The number of nitrogens with two attached hydrogens (primary N) is 1. The Morgan fingerprint density at radius 3 is 2.47 bits per heavy atom. The van der Waals surface area contributed by atoms with Crippen molar-refractivity contribution in [3.05, 3.63) is 89.6 Å². The number of rotatable bonds is 11. The second kappa shape index (κ2) is 13.8. The van der Waals surface area contributed by atoms with Gasteiger partial charge in [0.05, 0.1) is 11.1 Å². The highest BCUT2D eigenvalue weighted by atomic mass is 16.2. The van der Waals surface area contributed by atoms with Gasteiger partial charge in [0, 0.05) is 48.0 Å². The van der Waals surface area contributed by atoms with Gasteiger partial charge in [-0.25, -0.2) is 0 Å². The van der Waals surface area contributed by atoms with Gasteiger partial charge in [-0.3, -0.25) is 19.4 Å². The number of hydrogen-bond acceptors (Lipinski definition) is 5. The molecule has 0 bridgehead atoms. The van der Waals surface area contributed by atoms with Crippen LogP contribution >= 0.6 is 0 Å². The molecule has 0 spiro atoms. The molecule has 222 valence electrons. The number of fused-ring (bicyclic) bond motifs is 1. The maximum atomic E-state index is 12.7. The van der Waals surface area contributed by atoms with Gasteiger partial charge in [0.1, 0.15) is 5.71 Å². The summed E-state index contributed by atoms with van der Waals surface area (Å²) in [5, 5.41) is 6.79. The fraction of sp³-hybridized carbons (Fsp3) is 0.235. The Morgan fingerprint density at radius 2 is 1.74 bits per heavy atom. The lowest BCUT2D eigenvalue weighted by Crippen LogP contribution is -2.27. The van der Waals surface area contributed by atoms with Gasteiger partial charge >= 0.3 is 0 Å². The quantitative estimate of drug-likeness (QED) is 0.177. The van der Waals surface area contributed by atoms with Crippen molar-refractivity contribution in [1.82, 2.24) is 15.2 Å². The van der Waals surface area contributed by atoms with Gasteiger partial charge in [-0.2, -0.15) is 0 Å². The number of amides is 3. The van der Waals surface area contributed by atoms with Crippen molar-refractivity contribution in [3.63, 3.8) is 0 Å². The predicted octanol–water partition coefficient (Wildman–Crippen LogP) is 5.41. The zero-order chi connectivity index (χ0) is 31.1. The minimum absolute atomic E-state index is 0.0239. The molecule has 0 saturated heterocycles. The first-order valence-corrected chi connectivity index (χ1v) is 14.1. The molecule has 0 unspecified atom stereocenters. The van der Waals surface area contributed by atoms with Crippen LogP contribution in [-0.2, 0) is 16.1 Å². The third-order valence-corrected chi connectivity index (χ3v) is 7.25. The van der Waals surface area contributed by atoms with Gasteiger partial charge in [-0.05, 0) is 75.3 Å². The monoisotopic (exact) mass is 578 g/mol. The zero-order valence-electron chi connectivity index (χ0n) is 25.2. The van der Waals surface area contributed by atoms with Crippen molar-refractivity contribution in [2.45, 2.75) is 33.7 Å². The van der Waals surface area contributed by atoms with E-state index in [1.165, 1.54) is 0 Å². The molecule has 0 radical (unpaired) electrons. The van der Waals surface area contributed by atoms with Crippen LogP contribution in [0.3, 0.4) is 0 Å². The number of primary amides is 1. The van der Waals surface area contributed by atoms with Crippen LogP contribution in [0.4, 0.5) is 5.69 Å². The molecule has 0 fully saturated rings. The Labute approximate surface area is 251 Å². The highest BCUT2D eigenvalue weighted by Gasteiger charge is 2.19. The Kier molecular flexibility index (Phi) is 9.90. The van der Waals surface area contributed by atoms with Crippen molar-refractivity contribution in [3.8, 4) is 22.4 Å². The third kappa shape index (κ3) is 7.25. The summed E-state index contributed by atoms with van der Waals surface area (Å²) in [4.78, 5) is 47.1. The van der Waals surface area contributed by atoms with E-state index >= 15 is 0 Å². The lowest BCUT2D eigenvalue weighted by Gasteiger charge is -2.14. The Hall–Kier alpha value is -5.02. The number of allylic oxidation sites excluding steroid dienone is 1. The minimum Gasteiger partial charge on any atom is -0.366 e. The first-order chi connectivity index (χ1) is 20.6. The van der Waals surface area contributed by atoms with E-state index in [0.717, 1.165) is 38.9 Å². The second-order valence-corrected chi connectivity index (χ2v) is 10.6. The summed E-state index contributed by atoms with van der Waals surface area (Å²) < 4.78 is 0. The number of aromatic nitrogens is 1.